The van der Waals surface area contributed by atoms with Crippen LogP contribution in [-0.2, 0) is 4.79 Å². The second-order valence-electron chi connectivity index (χ2n) is 0.932. The molecule has 0 aromatic rings. The first-order chi connectivity index (χ1) is 2.77. The van der Waals surface area contributed by atoms with Crippen molar-refractivity contribution in [1.29, 1.82) is 0 Å². The van der Waals surface area contributed by atoms with E-state index in [0.29, 0.717) is 0 Å². The predicted molar refractivity (Wildman–Crippen MR) is 21.3 cm³/mol. The number of carboxylic acids is 1. The monoisotopic (exact) mass is 147 g/mol. The molecule has 0 atom stereocenters. The molecule has 0 aromatic heterocycles. The summed E-state index contributed by atoms with van der Waals surface area (Å²) >= 11 is 0. The van der Waals surface area contributed by atoms with Gasteiger partial charge < -0.3 is 23.2 Å². The Labute approximate surface area is 76.3 Å². The summed E-state index contributed by atoms with van der Waals surface area (Å²) in [7, 11) is 0. The number of nitrogens with two attached hydrogens (primary N) is 1. The van der Waals surface area contributed by atoms with Gasteiger partial charge in [0.2, 0.25) is 0 Å². The second kappa shape index (κ2) is 10.7. The van der Waals surface area contributed by atoms with E-state index in [4.69, 9.17) is 10.8 Å². The minimum absolute atomic E-state index is 0. The number of hydrogen-bond acceptors (Lipinski definition) is 2. The Bertz CT molecular complexity index is 61.2. The smallest absolute Gasteiger partial charge is 1.00 e. The molecule has 0 bridgehead atoms. The summed E-state index contributed by atoms with van der Waals surface area (Å²) in [6.07, 6.45) is 0.0694. The molecule has 0 aromatic carbocycles. The summed E-state index contributed by atoms with van der Waals surface area (Å²) in [6.45, 7) is 0.231. The minimum Gasteiger partial charge on any atom is -1.00 e. The van der Waals surface area contributed by atoms with Crippen molar-refractivity contribution in [2.24, 2.45) is 5.73 Å². The van der Waals surface area contributed by atoms with Gasteiger partial charge in [-0.25, -0.2) is 0 Å². The Kier molecular flexibility index (Phi) is 21.2. The second-order valence-corrected chi connectivity index (χ2v) is 0.932. The van der Waals surface area contributed by atoms with Crippen molar-refractivity contribution in [2.75, 3.05) is 6.54 Å². The molecule has 0 saturated carbocycles. The number of carboxylic acid groups (broad SMARTS) is 1. The molecule has 0 fully saturated rings. The zero-order valence-electron chi connectivity index (χ0n) is 4.72. The van der Waals surface area contributed by atoms with Gasteiger partial charge in [-0.1, -0.05) is 0 Å². The third-order valence-electron chi connectivity index (χ3n) is 0.358. The molecule has 3 N–H and O–H groups in total. The van der Waals surface area contributed by atoms with E-state index >= 15 is 0 Å². The molecule has 0 aliphatic carbocycles. The summed E-state index contributed by atoms with van der Waals surface area (Å²) in [5.74, 6) is -0.836. The van der Waals surface area contributed by atoms with Gasteiger partial charge in [-0.05, 0) is 0 Å². The zero-order chi connectivity index (χ0) is 4.99. The SMILES string of the molecule is NCCC(=O)O.[Cl-].[Na+]. The van der Waals surface area contributed by atoms with Gasteiger partial charge >= 0.3 is 35.5 Å². The van der Waals surface area contributed by atoms with E-state index in [-0.39, 0.29) is 54.9 Å². The van der Waals surface area contributed by atoms with Crippen LogP contribution < -0.4 is 47.7 Å². The standard InChI is InChI=1S/C3H7NO2.ClH.Na/c4-2-1-3(5)6;;/h1-2,4H2,(H,5,6);1H;/q;;+1/p-1. The third-order valence-corrected chi connectivity index (χ3v) is 0.358. The van der Waals surface area contributed by atoms with Gasteiger partial charge in [0.05, 0.1) is 6.42 Å². The summed E-state index contributed by atoms with van der Waals surface area (Å²) in [5, 5.41) is 7.83. The number of aliphatic carboxylic acids is 1. The first kappa shape index (κ1) is 15.9. The number of hydrogen-bond donors (Lipinski definition) is 2. The molecule has 5 heteroatoms. The first-order valence-corrected chi connectivity index (χ1v) is 1.69. The van der Waals surface area contributed by atoms with Crippen LogP contribution in [0.5, 0.6) is 0 Å². The summed E-state index contributed by atoms with van der Waals surface area (Å²) in [4.78, 5) is 9.52. The molecule has 0 spiro atoms. The number of carbonyl (C=O) groups is 1. The molecule has 0 aliphatic rings. The Morgan fingerprint density at radius 1 is 1.62 bits per heavy atom. The van der Waals surface area contributed by atoms with Gasteiger partial charge in [-0.3, -0.25) is 4.79 Å². The quantitative estimate of drug-likeness (QED) is 0.382. The van der Waals surface area contributed by atoms with E-state index in [1.54, 1.807) is 0 Å². The molecular weight excluding hydrogens is 140 g/mol. The van der Waals surface area contributed by atoms with Crippen LogP contribution in [0.15, 0.2) is 0 Å². The maximum absolute atomic E-state index is 9.52. The number of rotatable bonds is 2. The van der Waals surface area contributed by atoms with E-state index in [9.17, 15) is 4.79 Å². The van der Waals surface area contributed by atoms with Crippen LogP contribution in [0.4, 0.5) is 0 Å². The van der Waals surface area contributed by atoms with Gasteiger partial charge in [0, 0.05) is 6.54 Å². The maximum Gasteiger partial charge on any atom is 1.00 e. The number of halogens is 1. The summed E-state index contributed by atoms with van der Waals surface area (Å²) < 4.78 is 0. The zero-order valence-corrected chi connectivity index (χ0v) is 7.48. The van der Waals surface area contributed by atoms with Crippen molar-refractivity contribution in [3.05, 3.63) is 0 Å². The van der Waals surface area contributed by atoms with Crippen LogP contribution in [0.1, 0.15) is 6.42 Å². The summed E-state index contributed by atoms with van der Waals surface area (Å²) in [5.41, 5.74) is 4.85. The van der Waals surface area contributed by atoms with Crippen LogP contribution in [0.25, 0.3) is 0 Å². The van der Waals surface area contributed by atoms with E-state index in [0.717, 1.165) is 0 Å². The Morgan fingerprint density at radius 3 is 2.00 bits per heavy atom. The molecule has 8 heavy (non-hydrogen) atoms. The van der Waals surface area contributed by atoms with Crippen LogP contribution >= 0.6 is 0 Å². The van der Waals surface area contributed by atoms with Gasteiger partial charge in [-0.15, -0.1) is 0 Å². The van der Waals surface area contributed by atoms with Crippen LogP contribution in [0, 0.1) is 0 Å². The van der Waals surface area contributed by atoms with E-state index < -0.39 is 5.97 Å². The average Bonchev–Trinajstić information content (AvgIpc) is 1.35. The van der Waals surface area contributed by atoms with Gasteiger partial charge in [0.15, 0.2) is 0 Å². The largest absolute Gasteiger partial charge is 1.00 e. The molecule has 0 radical (unpaired) electrons. The normalized spacial score (nSPS) is 6.12. The fraction of sp³-hybridized carbons (Fsp3) is 0.667. The van der Waals surface area contributed by atoms with Gasteiger partial charge in [0.25, 0.3) is 0 Å². The molecule has 0 unspecified atom stereocenters. The molecular formula is C3H7ClNNaO2. The van der Waals surface area contributed by atoms with E-state index in [2.05, 4.69) is 0 Å². The molecule has 0 aliphatic heterocycles. The molecule has 3 nitrogen and oxygen atoms in total. The van der Waals surface area contributed by atoms with Crippen molar-refractivity contribution in [1.82, 2.24) is 0 Å². The topological polar surface area (TPSA) is 63.3 Å². The molecule has 0 heterocycles. The molecule has 44 valence electrons. The van der Waals surface area contributed by atoms with Crippen molar-refractivity contribution in [2.45, 2.75) is 6.42 Å². The molecule has 0 rings (SSSR count). The van der Waals surface area contributed by atoms with Crippen molar-refractivity contribution < 1.29 is 51.9 Å². The maximum atomic E-state index is 9.52. The predicted octanol–water partition coefficient (Wildman–Crippen LogP) is -6.57. The third kappa shape index (κ3) is 15.9. The van der Waals surface area contributed by atoms with Crippen molar-refractivity contribution in [3.63, 3.8) is 0 Å². The van der Waals surface area contributed by atoms with Crippen LogP contribution in [0.3, 0.4) is 0 Å². The Hall–Kier alpha value is 0.720. The Balaban J connectivity index is -0.000000125. The van der Waals surface area contributed by atoms with Gasteiger partial charge in [0.1, 0.15) is 0 Å². The van der Waals surface area contributed by atoms with Gasteiger partial charge in [-0.2, -0.15) is 0 Å². The molecule has 0 saturated heterocycles. The fourth-order valence-corrected chi connectivity index (χ4v) is 0.123. The first-order valence-electron chi connectivity index (χ1n) is 1.69. The fourth-order valence-electron chi connectivity index (χ4n) is 0.123. The van der Waals surface area contributed by atoms with Crippen molar-refractivity contribution in [3.8, 4) is 0 Å². The molecule has 0 amide bonds. The van der Waals surface area contributed by atoms with E-state index in [1.165, 1.54) is 0 Å². The van der Waals surface area contributed by atoms with Crippen LogP contribution in [0.2, 0.25) is 0 Å². The van der Waals surface area contributed by atoms with Crippen molar-refractivity contribution >= 4 is 5.97 Å². The minimum atomic E-state index is -0.836. The average molecular weight is 148 g/mol. The van der Waals surface area contributed by atoms with E-state index in [1.807, 2.05) is 0 Å². The summed E-state index contributed by atoms with van der Waals surface area (Å²) in [6, 6.07) is 0. The van der Waals surface area contributed by atoms with Crippen LogP contribution in [-0.4, -0.2) is 17.6 Å². The Morgan fingerprint density at radius 2 is 2.00 bits per heavy atom.